The number of amides is 1. The van der Waals surface area contributed by atoms with Crippen LogP contribution >= 0.6 is 12.4 Å². The molecule has 0 saturated carbocycles. The molecule has 1 aliphatic rings. The van der Waals surface area contributed by atoms with E-state index in [0.717, 1.165) is 30.4 Å². The summed E-state index contributed by atoms with van der Waals surface area (Å²) in [6.07, 6.45) is 5.45. The minimum absolute atomic E-state index is 0. The lowest BCUT2D eigenvalue weighted by Crippen LogP contribution is -2.44. The lowest BCUT2D eigenvalue weighted by Gasteiger charge is -2.25. The van der Waals surface area contributed by atoms with Gasteiger partial charge in [0.25, 0.3) is 0 Å². The van der Waals surface area contributed by atoms with Crippen molar-refractivity contribution in [3.63, 3.8) is 0 Å². The van der Waals surface area contributed by atoms with Gasteiger partial charge in [-0.15, -0.1) is 12.4 Å². The maximum absolute atomic E-state index is 12.4. The Morgan fingerprint density at radius 2 is 2.17 bits per heavy atom. The van der Waals surface area contributed by atoms with Crippen molar-refractivity contribution in [2.24, 2.45) is 12.8 Å². The van der Waals surface area contributed by atoms with Crippen molar-refractivity contribution in [2.75, 3.05) is 0 Å². The topological polar surface area (TPSA) is 72.9 Å². The number of nitrogens with two attached hydrogens (primary N) is 1. The minimum atomic E-state index is -0.524. The van der Waals surface area contributed by atoms with E-state index in [-0.39, 0.29) is 24.4 Å². The molecule has 0 aliphatic heterocycles. The first-order valence-electron chi connectivity index (χ1n) is 7.76. The van der Waals surface area contributed by atoms with Crippen LogP contribution in [0.5, 0.6) is 0 Å². The van der Waals surface area contributed by atoms with E-state index in [0.29, 0.717) is 6.42 Å². The van der Waals surface area contributed by atoms with Gasteiger partial charge in [-0.1, -0.05) is 30.3 Å². The van der Waals surface area contributed by atoms with E-state index in [1.165, 1.54) is 5.69 Å². The fourth-order valence-corrected chi connectivity index (χ4v) is 3.10. The number of rotatable bonds is 4. The third kappa shape index (κ3) is 3.92. The van der Waals surface area contributed by atoms with Crippen LogP contribution in [0.25, 0.3) is 0 Å². The Kier molecular flexibility index (Phi) is 5.80. The Morgan fingerprint density at radius 1 is 1.43 bits per heavy atom. The fourth-order valence-electron chi connectivity index (χ4n) is 3.10. The average Bonchev–Trinajstić information content (AvgIpc) is 2.91. The second-order valence-electron chi connectivity index (χ2n) is 5.92. The van der Waals surface area contributed by atoms with Crippen LogP contribution in [0.3, 0.4) is 0 Å². The first-order chi connectivity index (χ1) is 10.6. The molecule has 124 valence electrons. The summed E-state index contributed by atoms with van der Waals surface area (Å²) < 4.78 is 1.90. The third-order valence-electron chi connectivity index (χ3n) is 4.33. The minimum Gasteiger partial charge on any atom is -0.348 e. The van der Waals surface area contributed by atoms with E-state index >= 15 is 0 Å². The summed E-state index contributed by atoms with van der Waals surface area (Å²) in [6.45, 7) is 0. The van der Waals surface area contributed by atoms with E-state index < -0.39 is 6.04 Å². The number of aromatic nitrogens is 2. The molecule has 2 aromatic rings. The maximum Gasteiger partial charge on any atom is 0.237 e. The molecule has 0 radical (unpaired) electrons. The molecule has 1 aromatic carbocycles. The molecule has 1 amide bonds. The van der Waals surface area contributed by atoms with Gasteiger partial charge < -0.3 is 11.1 Å². The predicted octanol–water partition coefficient (Wildman–Crippen LogP) is 1.91. The highest BCUT2D eigenvalue weighted by molar-refractivity contribution is 5.85. The average molecular weight is 335 g/mol. The number of benzene rings is 1. The molecule has 0 saturated heterocycles. The molecule has 2 unspecified atom stereocenters. The number of nitrogens with zero attached hydrogens (tertiary/aromatic N) is 2. The second-order valence-corrected chi connectivity index (χ2v) is 5.92. The molecule has 3 N–H and O–H groups in total. The molecule has 2 atom stereocenters. The van der Waals surface area contributed by atoms with E-state index in [1.54, 1.807) is 0 Å². The summed E-state index contributed by atoms with van der Waals surface area (Å²) >= 11 is 0. The second kappa shape index (κ2) is 7.62. The Hall–Kier alpha value is -1.85. The Morgan fingerprint density at radius 3 is 2.91 bits per heavy atom. The number of halogens is 1. The summed E-state index contributed by atoms with van der Waals surface area (Å²) in [5.74, 6) is -0.0921. The number of nitrogens with one attached hydrogen (secondary N) is 1. The zero-order chi connectivity index (χ0) is 15.5. The number of fused-ring (bicyclic) bond motifs is 1. The van der Waals surface area contributed by atoms with Crippen molar-refractivity contribution in [3.8, 4) is 0 Å². The summed E-state index contributed by atoms with van der Waals surface area (Å²) in [5, 5.41) is 7.39. The fraction of sp³-hybridized carbons (Fsp3) is 0.412. The van der Waals surface area contributed by atoms with Crippen molar-refractivity contribution in [1.82, 2.24) is 15.1 Å². The van der Waals surface area contributed by atoms with Gasteiger partial charge in [0.15, 0.2) is 0 Å². The first kappa shape index (κ1) is 17.5. The molecule has 3 rings (SSSR count). The van der Waals surface area contributed by atoms with Gasteiger partial charge in [0.05, 0.1) is 18.3 Å². The van der Waals surface area contributed by atoms with Gasteiger partial charge in [0.1, 0.15) is 0 Å². The number of aryl methyl sites for hydroxylation is 1. The van der Waals surface area contributed by atoms with E-state index in [9.17, 15) is 4.79 Å². The summed E-state index contributed by atoms with van der Waals surface area (Å²) in [7, 11) is 1.95. The highest BCUT2D eigenvalue weighted by atomic mass is 35.5. The molecular weight excluding hydrogens is 312 g/mol. The Bertz CT molecular complexity index is 656. The van der Waals surface area contributed by atoms with Gasteiger partial charge in [-0.3, -0.25) is 9.48 Å². The lowest BCUT2D eigenvalue weighted by atomic mass is 9.92. The van der Waals surface area contributed by atoms with Crippen molar-refractivity contribution in [2.45, 2.75) is 37.8 Å². The molecule has 1 aromatic heterocycles. The van der Waals surface area contributed by atoms with E-state index in [4.69, 9.17) is 5.73 Å². The van der Waals surface area contributed by atoms with Gasteiger partial charge in [-0.2, -0.15) is 5.10 Å². The van der Waals surface area contributed by atoms with Crippen LogP contribution in [0.15, 0.2) is 36.5 Å². The Balaban J connectivity index is 0.00000192. The van der Waals surface area contributed by atoms with E-state index in [2.05, 4.69) is 10.4 Å². The van der Waals surface area contributed by atoms with Crippen LogP contribution in [0.4, 0.5) is 0 Å². The van der Waals surface area contributed by atoms with Crippen LogP contribution in [-0.2, 0) is 24.7 Å². The van der Waals surface area contributed by atoms with Crippen LogP contribution in [0.2, 0.25) is 0 Å². The quantitative estimate of drug-likeness (QED) is 0.897. The SMILES string of the molecule is Cl.Cn1ncc2c1CCCC2NC(=O)C(N)Cc1ccccc1. The van der Waals surface area contributed by atoms with Gasteiger partial charge in [0.2, 0.25) is 5.91 Å². The van der Waals surface area contributed by atoms with Crippen molar-refractivity contribution >= 4 is 18.3 Å². The normalized spacial score (nSPS) is 17.7. The van der Waals surface area contributed by atoms with Gasteiger partial charge in [-0.25, -0.2) is 0 Å². The highest BCUT2D eigenvalue weighted by Crippen LogP contribution is 2.29. The zero-order valence-corrected chi connectivity index (χ0v) is 14.1. The zero-order valence-electron chi connectivity index (χ0n) is 13.2. The summed E-state index contributed by atoms with van der Waals surface area (Å²) in [5.41, 5.74) is 9.49. The molecule has 0 bridgehead atoms. The molecule has 5 nitrogen and oxygen atoms in total. The van der Waals surface area contributed by atoms with Crippen molar-refractivity contribution in [3.05, 3.63) is 53.3 Å². The predicted molar refractivity (Wildman–Crippen MR) is 92.4 cm³/mol. The number of hydrogen-bond acceptors (Lipinski definition) is 3. The monoisotopic (exact) mass is 334 g/mol. The van der Waals surface area contributed by atoms with Crippen molar-refractivity contribution < 1.29 is 4.79 Å². The molecule has 23 heavy (non-hydrogen) atoms. The largest absolute Gasteiger partial charge is 0.348 e. The maximum atomic E-state index is 12.4. The molecule has 0 spiro atoms. The first-order valence-corrected chi connectivity index (χ1v) is 7.76. The third-order valence-corrected chi connectivity index (χ3v) is 4.33. The van der Waals surface area contributed by atoms with Crippen LogP contribution < -0.4 is 11.1 Å². The molecular formula is C17H23ClN4O. The smallest absolute Gasteiger partial charge is 0.237 e. The highest BCUT2D eigenvalue weighted by Gasteiger charge is 2.26. The standard InChI is InChI=1S/C17H22N4O.ClH/c1-21-16-9-5-8-15(13(16)11-19-21)20-17(22)14(18)10-12-6-3-2-4-7-12;/h2-4,6-7,11,14-15H,5,8-10,18H2,1H3,(H,20,22);1H. The lowest BCUT2D eigenvalue weighted by molar-refractivity contribution is -0.123. The Labute approximate surface area is 142 Å². The summed E-state index contributed by atoms with van der Waals surface area (Å²) in [4.78, 5) is 12.4. The van der Waals surface area contributed by atoms with Crippen LogP contribution in [0, 0.1) is 0 Å². The molecule has 6 heteroatoms. The van der Waals surface area contributed by atoms with Crippen LogP contribution in [-0.4, -0.2) is 21.7 Å². The van der Waals surface area contributed by atoms with Gasteiger partial charge in [0, 0.05) is 18.3 Å². The number of hydrogen-bond donors (Lipinski definition) is 2. The van der Waals surface area contributed by atoms with E-state index in [1.807, 2.05) is 48.3 Å². The molecule has 1 aliphatic carbocycles. The summed E-state index contributed by atoms with van der Waals surface area (Å²) in [6, 6.07) is 9.38. The van der Waals surface area contributed by atoms with Gasteiger partial charge >= 0.3 is 0 Å². The number of carbonyl (C=O) groups excluding carboxylic acids is 1. The molecule has 1 heterocycles. The molecule has 0 fully saturated rings. The van der Waals surface area contributed by atoms with Crippen LogP contribution in [0.1, 0.15) is 35.7 Å². The van der Waals surface area contributed by atoms with Gasteiger partial charge in [-0.05, 0) is 31.2 Å². The van der Waals surface area contributed by atoms with Crippen molar-refractivity contribution in [1.29, 1.82) is 0 Å². The number of carbonyl (C=O) groups is 1.